The van der Waals surface area contributed by atoms with Crippen molar-refractivity contribution in [1.82, 2.24) is 9.88 Å². The summed E-state index contributed by atoms with van der Waals surface area (Å²) in [5.41, 5.74) is 1.18. The maximum absolute atomic E-state index is 5.76. The minimum Gasteiger partial charge on any atom is -0.353 e. The number of alkyl halides is 1. The van der Waals surface area contributed by atoms with Crippen molar-refractivity contribution in [2.24, 2.45) is 0 Å². The van der Waals surface area contributed by atoms with Gasteiger partial charge in [-0.3, -0.25) is 4.90 Å². The third-order valence-electron chi connectivity index (χ3n) is 3.03. The fourth-order valence-electron chi connectivity index (χ4n) is 2.06. The predicted molar refractivity (Wildman–Crippen MR) is 76.0 cm³/mol. The van der Waals surface area contributed by atoms with Gasteiger partial charge in [-0.1, -0.05) is 0 Å². The molecule has 1 saturated heterocycles. The fourth-order valence-corrected chi connectivity index (χ4v) is 3.02. The van der Waals surface area contributed by atoms with Gasteiger partial charge in [-0.05, 0) is 34.5 Å². The molecule has 0 atom stereocenters. The molecule has 0 unspecified atom stereocenters. The molecule has 0 bridgehead atoms. The lowest BCUT2D eigenvalue weighted by Gasteiger charge is -2.35. The standard InChI is InChI=1S/C12H17BrClN3/c1-10-8-11(13)12(15-9-10)17-6-4-16(3-2-14)5-7-17/h8-9H,2-7H2,1H3. The normalized spacial score (nSPS) is 17.5. The Kier molecular flexibility index (Phi) is 4.65. The lowest BCUT2D eigenvalue weighted by atomic mass is 10.2. The summed E-state index contributed by atoms with van der Waals surface area (Å²) >= 11 is 9.35. The van der Waals surface area contributed by atoms with Crippen LogP contribution < -0.4 is 4.90 Å². The summed E-state index contributed by atoms with van der Waals surface area (Å²) < 4.78 is 1.09. The highest BCUT2D eigenvalue weighted by atomic mass is 79.9. The highest BCUT2D eigenvalue weighted by molar-refractivity contribution is 9.10. The number of aromatic nitrogens is 1. The van der Waals surface area contributed by atoms with E-state index in [1.54, 1.807) is 0 Å². The number of piperazine rings is 1. The zero-order valence-corrected chi connectivity index (χ0v) is 12.3. The van der Waals surface area contributed by atoms with Crippen LogP contribution in [0.2, 0.25) is 0 Å². The molecule has 0 radical (unpaired) electrons. The van der Waals surface area contributed by atoms with E-state index in [1.807, 2.05) is 6.20 Å². The van der Waals surface area contributed by atoms with Crippen LogP contribution in [0.25, 0.3) is 0 Å². The predicted octanol–water partition coefficient (Wildman–Crippen LogP) is 2.51. The molecule has 0 saturated carbocycles. The van der Waals surface area contributed by atoms with Crippen molar-refractivity contribution in [2.45, 2.75) is 6.92 Å². The third-order valence-corrected chi connectivity index (χ3v) is 3.78. The van der Waals surface area contributed by atoms with Crippen LogP contribution in [0.15, 0.2) is 16.7 Å². The topological polar surface area (TPSA) is 19.4 Å². The van der Waals surface area contributed by atoms with Crippen molar-refractivity contribution < 1.29 is 0 Å². The molecule has 1 aliphatic rings. The van der Waals surface area contributed by atoms with Gasteiger partial charge in [0, 0.05) is 44.8 Å². The molecule has 1 aromatic rings. The van der Waals surface area contributed by atoms with E-state index in [0.717, 1.165) is 43.0 Å². The van der Waals surface area contributed by atoms with Gasteiger partial charge < -0.3 is 4.90 Å². The Morgan fingerprint density at radius 1 is 1.35 bits per heavy atom. The van der Waals surface area contributed by atoms with E-state index in [1.165, 1.54) is 5.56 Å². The molecule has 0 amide bonds. The highest BCUT2D eigenvalue weighted by Gasteiger charge is 2.19. The number of anilines is 1. The minimum absolute atomic E-state index is 0.715. The average Bonchev–Trinajstić information content (AvgIpc) is 2.31. The summed E-state index contributed by atoms with van der Waals surface area (Å²) in [5, 5.41) is 0. The van der Waals surface area contributed by atoms with Crippen molar-refractivity contribution in [2.75, 3.05) is 43.5 Å². The van der Waals surface area contributed by atoms with Gasteiger partial charge in [0.2, 0.25) is 0 Å². The molecule has 0 aromatic carbocycles. The number of hydrogen-bond acceptors (Lipinski definition) is 3. The average molecular weight is 319 g/mol. The maximum atomic E-state index is 5.76. The zero-order chi connectivity index (χ0) is 12.3. The van der Waals surface area contributed by atoms with Crippen LogP contribution in [0.1, 0.15) is 5.56 Å². The van der Waals surface area contributed by atoms with E-state index in [9.17, 15) is 0 Å². The van der Waals surface area contributed by atoms with Gasteiger partial charge in [-0.25, -0.2) is 4.98 Å². The van der Waals surface area contributed by atoms with E-state index < -0.39 is 0 Å². The smallest absolute Gasteiger partial charge is 0.142 e. The summed E-state index contributed by atoms with van der Waals surface area (Å²) in [6.45, 7) is 7.21. The number of halogens is 2. The molecular formula is C12H17BrClN3. The van der Waals surface area contributed by atoms with E-state index in [2.05, 4.69) is 43.7 Å². The number of nitrogens with zero attached hydrogens (tertiary/aromatic N) is 3. The SMILES string of the molecule is Cc1cnc(N2CCN(CCCl)CC2)c(Br)c1. The van der Waals surface area contributed by atoms with E-state index in [-0.39, 0.29) is 0 Å². The fraction of sp³-hybridized carbons (Fsp3) is 0.583. The molecule has 3 nitrogen and oxygen atoms in total. The first-order valence-electron chi connectivity index (χ1n) is 5.86. The Morgan fingerprint density at radius 3 is 2.65 bits per heavy atom. The molecule has 5 heteroatoms. The van der Waals surface area contributed by atoms with E-state index >= 15 is 0 Å². The van der Waals surface area contributed by atoms with Crippen molar-refractivity contribution in [3.05, 3.63) is 22.3 Å². The van der Waals surface area contributed by atoms with Crippen molar-refractivity contribution in [1.29, 1.82) is 0 Å². The van der Waals surface area contributed by atoms with Crippen LogP contribution in [0.5, 0.6) is 0 Å². The Bertz CT molecular complexity index is 378. The molecule has 1 fully saturated rings. The van der Waals surface area contributed by atoms with E-state index in [0.29, 0.717) is 5.88 Å². The Morgan fingerprint density at radius 2 is 2.06 bits per heavy atom. The molecule has 0 spiro atoms. The lowest BCUT2D eigenvalue weighted by molar-refractivity contribution is 0.272. The molecule has 1 aliphatic heterocycles. The number of pyridine rings is 1. The summed E-state index contributed by atoms with van der Waals surface area (Å²) in [6.07, 6.45) is 1.92. The van der Waals surface area contributed by atoms with Gasteiger partial charge in [0.05, 0.1) is 4.47 Å². The number of rotatable bonds is 3. The Labute approximate surface area is 116 Å². The van der Waals surface area contributed by atoms with Gasteiger partial charge in [-0.15, -0.1) is 11.6 Å². The molecule has 2 heterocycles. The molecular weight excluding hydrogens is 302 g/mol. The molecule has 2 rings (SSSR count). The molecule has 17 heavy (non-hydrogen) atoms. The molecule has 94 valence electrons. The van der Waals surface area contributed by atoms with Gasteiger partial charge in [0.25, 0.3) is 0 Å². The second-order valence-electron chi connectivity index (χ2n) is 4.34. The van der Waals surface area contributed by atoms with Crippen molar-refractivity contribution in [3.63, 3.8) is 0 Å². The quantitative estimate of drug-likeness (QED) is 0.798. The van der Waals surface area contributed by atoms with Crippen LogP contribution in [0.4, 0.5) is 5.82 Å². The van der Waals surface area contributed by atoms with Crippen LogP contribution in [0.3, 0.4) is 0 Å². The van der Waals surface area contributed by atoms with Crippen LogP contribution in [-0.2, 0) is 0 Å². The lowest BCUT2D eigenvalue weighted by Crippen LogP contribution is -2.47. The van der Waals surface area contributed by atoms with Gasteiger partial charge >= 0.3 is 0 Å². The minimum atomic E-state index is 0.715. The van der Waals surface area contributed by atoms with E-state index in [4.69, 9.17) is 11.6 Å². The van der Waals surface area contributed by atoms with Crippen molar-refractivity contribution >= 4 is 33.3 Å². The summed E-state index contributed by atoms with van der Waals surface area (Å²) in [4.78, 5) is 9.23. The summed E-state index contributed by atoms with van der Waals surface area (Å²) in [7, 11) is 0. The Balaban J connectivity index is 2.00. The zero-order valence-electron chi connectivity index (χ0n) is 9.99. The highest BCUT2D eigenvalue weighted by Crippen LogP contribution is 2.25. The third kappa shape index (κ3) is 3.33. The first-order chi connectivity index (χ1) is 8.20. The second-order valence-corrected chi connectivity index (χ2v) is 5.57. The number of aryl methyl sites for hydroxylation is 1. The summed E-state index contributed by atoms with van der Waals surface area (Å²) in [5.74, 6) is 1.77. The van der Waals surface area contributed by atoms with Crippen LogP contribution in [0, 0.1) is 6.92 Å². The van der Waals surface area contributed by atoms with Gasteiger partial charge in [-0.2, -0.15) is 0 Å². The summed E-state index contributed by atoms with van der Waals surface area (Å²) in [6, 6.07) is 2.12. The Hall–Kier alpha value is -0.320. The second kappa shape index (κ2) is 6.03. The molecule has 0 N–H and O–H groups in total. The van der Waals surface area contributed by atoms with Gasteiger partial charge in [0.1, 0.15) is 5.82 Å². The maximum Gasteiger partial charge on any atom is 0.142 e. The number of hydrogen-bond donors (Lipinski definition) is 0. The first-order valence-corrected chi connectivity index (χ1v) is 7.19. The molecule has 1 aromatic heterocycles. The van der Waals surface area contributed by atoms with Crippen LogP contribution >= 0.6 is 27.5 Å². The van der Waals surface area contributed by atoms with Gasteiger partial charge in [0.15, 0.2) is 0 Å². The largest absolute Gasteiger partial charge is 0.353 e. The first kappa shape index (κ1) is 13.1. The van der Waals surface area contributed by atoms with Crippen LogP contribution in [-0.4, -0.2) is 48.5 Å². The monoisotopic (exact) mass is 317 g/mol. The molecule has 0 aliphatic carbocycles. The van der Waals surface area contributed by atoms with Crippen molar-refractivity contribution in [3.8, 4) is 0 Å².